The van der Waals surface area contributed by atoms with E-state index in [0.29, 0.717) is 16.5 Å². The predicted molar refractivity (Wildman–Crippen MR) is 129 cm³/mol. The van der Waals surface area contributed by atoms with E-state index < -0.39 is 5.97 Å². The van der Waals surface area contributed by atoms with Gasteiger partial charge in [-0.05, 0) is 44.5 Å². The Morgan fingerprint density at radius 2 is 1.91 bits per heavy atom. The van der Waals surface area contributed by atoms with Crippen molar-refractivity contribution in [2.75, 3.05) is 24.6 Å². The minimum atomic E-state index is -0.580. The van der Waals surface area contributed by atoms with E-state index in [2.05, 4.69) is 45.9 Å². The van der Waals surface area contributed by atoms with E-state index >= 15 is 0 Å². The lowest BCUT2D eigenvalue weighted by molar-refractivity contribution is 0.0512. The summed E-state index contributed by atoms with van der Waals surface area (Å²) < 4.78 is 12.9. The summed E-state index contributed by atoms with van der Waals surface area (Å²) in [5.74, 6) is 0.328. The monoisotopic (exact) mass is 477 g/mol. The molecular formula is C25H24ClN5O3. The van der Waals surface area contributed by atoms with E-state index in [9.17, 15) is 4.79 Å². The van der Waals surface area contributed by atoms with E-state index in [4.69, 9.17) is 21.1 Å². The molecule has 8 nitrogen and oxygen atoms in total. The summed E-state index contributed by atoms with van der Waals surface area (Å²) in [5, 5.41) is 4.93. The molecule has 4 aromatic rings. The average Bonchev–Trinajstić information content (AvgIpc) is 3.29. The van der Waals surface area contributed by atoms with E-state index in [0.717, 1.165) is 41.2 Å². The fourth-order valence-corrected chi connectivity index (χ4v) is 4.50. The second-order valence-corrected chi connectivity index (χ2v) is 8.30. The fraction of sp³-hybridized carbons (Fsp3) is 0.280. The fourth-order valence-electron chi connectivity index (χ4n) is 4.37. The van der Waals surface area contributed by atoms with Gasteiger partial charge in [-0.25, -0.2) is 19.3 Å². The number of hydrogen-bond donors (Lipinski definition) is 0. The van der Waals surface area contributed by atoms with Crippen molar-refractivity contribution in [2.45, 2.75) is 26.7 Å². The Labute approximate surface area is 202 Å². The van der Waals surface area contributed by atoms with Crippen molar-refractivity contribution in [1.82, 2.24) is 19.6 Å². The van der Waals surface area contributed by atoms with Gasteiger partial charge < -0.3 is 14.4 Å². The number of fused-ring (bicyclic) bond motifs is 4. The molecule has 0 saturated heterocycles. The number of anilines is 1. The van der Waals surface area contributed by atoms with Crippen LogP contribution in [0.5, 0.6) is 11.6 Å². The van der Waals surface area contributed by atoms with Gasteiger partial charge in [0.05, 0.1) is 12.2 Å². The lowest BCUT2D eigenvalue weighted by atomic mass is 9.84. The molecule has 34 heavy (non-hydrogen) atoms. The molecule has 2 aromatic heterocycles. The van der Waals surface area contributed by atoms with Gasteiger partial charge in [-0.15, -0.1) is 5.10 Å². The number of nitrogens with zero attached hydrogens (tertiary/aromatic N) is 5. The predicted octanol–water partition coefficient (Wildman–Crippen LogP) is 5.09. The molecule has 0 amide bonds. The van der Waals surface area contributed by atoms with Crippen LogP contribution in [0.15, 0.2) is 48.8 Å². The van der Waals surface area contributed by atoms with Gasteiger partial charge in [-0.3, -0.25) is 0 Å². The summed E-state index contributed by atoms with van der Waals surface area (Å²) in [5.41, 5.74) is 4.28. The first-order valence-corrected chi connectivity index (χ1v) is 11.7. The third-order valence-corrected chi connectivity index (χ3v) is 6.23. The average molecular weight is 478 g/mol. The molecule has 0 spiro atoms. The van der Waals surface area contributed by atoms with Crippen LogP contribution in [0.1, 0.15) is 54.0 Å². The van der Waals surface area contributed by atoms with Gasteiger partial charge in [0.15, 0.2) is 5.65 Å². The van der Waals surface area contributed by atoms with Crippen molar-refractivity contribution in [3.05, 3.63) is 76.3 Å². The quantitative estimate of drug-likeness (QED) is 0.315. The van der Waals surface area contributed by atoms with Crippen LogP contribution in [-0.4, -0.2) is 45.2 Å². The highest BCUT2D eigenvalue weighted by molar-refractivity contribution is 6.30. The van der Waals surface area contributed by atoms with Crippen LogP contribution in [-0.2, 0) is 4.74 Å². The Morgan fingerprint density at radius 1 is 1.15 bits per heavy atom. The number of carbonyl (C=O) groups excluding carboxylic acids is 1. The van der Waals surface area contributed by atoms with Crippen LogP contribution < -0.4 is 9.64 Å². The molecular weight excluding hydrogens is 454 g/mol. The maximum Gasteiger partial charge on any atom is 0.378 e. The molecule has 9 heteroatoms. The van der Waals surface area contributed by atoms with Crippen LogP contribution >= 0.6 is 11.6 Å². The van der Waals surface area contributed by atoms with E-state index in [1.54, 1.807) is 6.92 Å². The van der Waals surface area contributed by atoms with Gasteiger partial charge in [0.25, 0.3) is 5.82 Å². The first-order chi connectivity index (χ1) is 16.5. The molecule has 174 valence electrons. The summed E-state index contributed by atoms with van der Waals surface area (Å²) in [4.78, 5) is 23.6. The summed E-state index contributed by atoms with van der Waals surface area (Å²) in [7, 11) is 0. The zero-order valence-corrected chi connectivity index (χ0v) is 19.9. The van der Waals surface area contributed by atoms with Crippen molar-refractivity contribution < 1.29 is 14.3 Å². The number of esters is 1. The summed E-state index contributed by atoms with van der Waals surface area (Å²) in [6.07, 6.45) is 1.50. The zero-order valence-electron chi connectivity index (χ0n) is 19.2. The second kappa shape index (κ2) is 8.95. The highest BCUT2D eigenvalue weighted by Crippen LogP contribution is 2.48. The lowest BCUT2D eigenvalue weighted by Crippen LogP contribution is -2.22. The van der Waals surface area contributed by atoms with E-state index in [1.807, 2.05) is 30.3 Å². The number of hydrogen-bond acceptors (Lipinski definition) is 7. The van der Waals surface area contributed by atoms with Crippen molar-refractivity contribution in [3.63, 3.8) is 0 Å². The number of ether oxygens (including phenoxy) is 2. The molecule has 1 unspecified atom stereocenters. The van der Waals surface area contributed by atoms with E-state index in [1.165, 1.54) is 10.8 Å². The number of rotatable bonds is 6. The zero-order chi connectivity index (χ0) is 23.8. The Bertz CT molecular complexity index is 1370. The van der Waals surface area contributed by atoms with Gasteiger partial charge >= 0.3 is 5.97 Å². The molecule has 0 N–H and O–H groups in total. The molecule has 0 radical (unpaired) electrons. The van der Waals surface area contributed by atoms with Crippen molar-refractivity contribution in [3.8, 4) is 11.6 Å². The van der Waals surface area contributed by atoms with E-state index in [-0.39, 0.29) is 18.3 Å². The van der Waals surface area contributed by atoms with Crippen LogP contribution in [0, 0.1) is 0 Å². The van der Waals surface area contributed by atoms with Gasteiger partial charge in [0.2, 0.25) is 5.88 Å². The number of benzene rings is 2. The SMILES string of the molecule is CCOC(=O)c1nc2c3c(ncn2n1)Oc1cc(N(CC)CC)ccc1C3c1ccc(Cl)cc1. The summed E-state index contributed by atoms with van der Waals surface area (Å²) >= 11 is 6.18. The third-order valence-electron chi connectivity index (χ3n) is 5.98. The molecule has 2 aromatic carbocycles. The van der Waals surface area contributed by atoms with Crippen LogP contribution in [0.3, 0.4) is 0 Å². The summed E-state index contributed by atoms with van der Waals surface area (Å²) in [6.45, 7) is 8.01. The highest BCUT2D eigenvalue weighted by atomic mass is 35.5. The lowest BCUT2D eigenvalue weighted by Gasteiger charge is -2.29. The number of aromatic nitrogens is 4. The Kier molecular flexibility index (Phi) is 5.83. The van der Waals surface area contributed by atoms with Crippen LogP contribution in [0.2, 0.25) is 5.02 Å². The van der Waals surface area contributed by atoms with Crippen LogP contribution in [0.4, 0.5) is 5.69 Å². The Hall–Kier alpha value is -3.65. The minimum Gasteiger partial charge on any atom is -0.460 e. The second-order valence-electron chi connectivity index (χ2n) is 7.87. The first kappa shape index (κ1) is 22.2. The topological polar surface area (TPSA) is 81.8 Å². The molecule has 3 heterocycles. The normalized spacial score (nSPS) is 14.3. The molecule has 0 aliphatic carbocycles. The Balaban J connectivity index is 1.71. The minimum absolute atomic E-state index is 0.0189. The smallest absolute Gasteiger partial charge is 0.378 e. The highest BCUT2D eigenvalue weighted by Gasteiger charge is 2.34. The molecule has 1 atom stereocenters. The van der Waals surface area contributed by atoms with Gasteiger partial charge in [-0.2, -0.15) is 0 Å². The maximum atomic E-state index is 12.3. The van der Waals surface area contributed by atoms with Gasteiger partial charge in [-0.1, -0.05) is 29.8 Å². The molecule has 5 rings (SSSR count). The molecule has 0 fully saturated rings. The number of halogens is 1. The van der Waals surface area contributed by atoms with Gasteiger partial charge in [0.1, 0.15) is 12.1 Å². The first-order valence-electron chi connectivity index (χ1n) is 11.3. The summed E-state index contributed by atoms with van der Waals surface area (Å²) in [6, 6.07) is 13.9. The standard InChI is InChI=1S/C25H24ClN5O3/c1-4-30(5-2)17-11-12-18-19(13-17)34-24-21(20(18)15-7-9-16(26)10-8-15)23-28-22(25(32)33-6-3)29-31(23)14-27-24/h7-14,20H,4-6H2,1-3H3. The van der Waals surface area contributed by atoms with Crippen molar-refractivity contribution in [2.24, 2.45) is 0 Å². The molecule has 1 aliphatic heterocycles. The van der Waals surface area contributed by atoms with Crippen molar-refractivity contribution in [1.29, 1.82) is 0 Å². The number of carbonyl (C=O) groups is 1. The van der Waals surface area contributed by atoms with Crippen molar-refractivity contribution >= 4 is 28.9 Å². The molecule has 0 bridgehead atoms. The van der Waals surface area contributed by atoms with Gasteiger partial charge in [0, 0.05) is 41.3 Å². The third kappa shape index (κ3) is 3.74. The molecule has 0 saturated carbocycles. The largest absolute Gasteiger partial charge is 0.460 e. The Morgan fingerprint density at radius 3 is 2.62 bits per heavy atom. The maximum absolute atomic E-state index is 12.3. The molecule has 1 aliphatic rings. The van der Waals surface area contributed by atoms with Crippen LogP contribution in [0.25, 0.3) is 5.65 Å².